The highest BCUT2D eigenvalue weighted by Gasteiger charge is 2.14. The molecule has 8 heteroatoms. The van der Waals surface area contributed by atoms with Crippen molar-refractivity contribution in [3.05, 3.63) is 70.5 Å². The molecule has 0 bridgehead atoms. The lowest BCUT2D eigenvalue weighted by atomic mass is 10.2. The number of halogens is 3. The largest absolute Gasteiger partial charge is 0.489 e. The maximum atomic E-state index is 14.4. The smallest absolute Gasteiger partial charge is 0.270 e. The quantitative estimate of drug-likeness (QED) is 0.669. The van der Waals surface area contributed by atoms with E-state index < -0.39 is 17.5 Å². The van der Waals surface area contributed by atoms with Crippen LogP contribution in [0.3, 0.4) is 0 Å². The monoisotopic (exact) mass is 392 g/mol. The van der Waals surface area contributed by atoms with Gasteiger partial charge in [0.25, 0.3) is 5.91 Å². The zero-order valence-electron chi connectivity index (χ0n) is 14.3. The van der Waals surface area contributed by atoms with Crippen LogP contribution in [-0.2, 0) is 6.61 Å². The number of hydrogen-bond donors (Lipinski definition) is 1. The van der Waals surface area contributed by atoms with Gasteiger partial charge in [0.2, 0.25) is 0 Å². The predicted molar refractivity (Wildman–Crippen MR) is 96.2 cm³/mol. The van der Waals surface area contributed by atoms with E-state index >= 15 is 0 Å². The molecule has 0 saturated heterocycles. The predicted octanol–water partition coefficient (Wildman–Crippen LogP) is 4.56. The molecular weight excluding hydrogens is 377 g/mol. The van der Waals surface area contributed by atoms with Crippen LogP contribution in [0.15, 0.2) is 41.8 Å². The second kappa shape index (κ2) is 8.22. The van der Waals surface area contributed by atoms with Gasteiger partial charge in [0, 0.05) is 23.6 Å². The highest BCUT2D eigenvalue weighted by molar-refractivity contribution is 7.13. The van der Waals surface area contributed by atoms with Crippen molar-refractivity contribution in [1.29, 1.82) is 0 Å². The average molecular weight is 392 g/mol. The van der Waals surface area contributed by atoms with Gasteiger partial charge < -0.3 is 10.1 Å². The lowest BCUT2D eigenvalue weighted by Gasteiger charge is -2.08. The van der Waals surface area contributed by atoms with Crippen LogP contribution in [0, 0.1) is 17.5 Å². The molecule has 1 aromatic heterocycles. The highest BCUT2D eigenvalue weighted by Crippen LogP contribution is 2.29. The van der Waals surface area contributed by atoms with E-state index in [-0.39, 0.29) is 29.5 Å². The third kappa shape index (κ3) is 4.46. The number of hydrogen-bond acceptors (Lipinski definition) is 4. The number of thiazole rings is 1. The van der Waals surface area contributed by atoms with Crippen molar-refractivity contribution in [2.75, 3.05) is 6.54 Å². The molecule has 4 nitrogen and oxygen atoms in total. The third-order valence-electron chi connectivity index (χ3n) is 3.63. The molecule has 2 aromatic carbocycles. The zero-order valence-corrected chi connectivity index (χ0v) is 15.1. The summed E-state index contributed by atoms with van der Waals surface area (Å²) in [5, 5.41) is 4.57. The van der Waals surface area contributed by atoms with Crippen LogP contribution in [0.25, 0.3) is 10.6 Å². The van der Waals surface area contributed by atoms with Crippen LogP contribution in [0.1, 0.15) is 23.0 Å². The van der Waals surface area contributed by atoms with Crippen LogP contribution in [-0.4, -0.2) is 17.4 Å². The van der Waals surface area contributed by atoms with Crippen LogP contribution < -0.4 is 10.1 Å². The van der Waals surface area contributed by atoms with E-state index in [0.717, 1.165) is 23.5 Å². The minimum absolute atomic E-state index is 0.0332. The summed E-state index contributed by atoms with van der Waals surface area (Å²) in [6.45, 7) is 2.24. The second-order valence-electron chi connectivity index (χ2n) is 5.58. The van der Waals surface area contributed by atoms with Crippen molar-refractivity contribution in [3.8, 4) is 16.3 Å². The fourth-order valence-electron chi connectivity index (χ4n) is 2.31. The summed E-state index contributed by atoms with van der Waals surface area (Å²) in [6.07, 6.45) is 0. The Morgan fingerprint density at radius 2 is 1.93 bits per heavy atom. The molecule has 0 saturated carbocycles. The number of nitrogens with one attached hydrogen (secondary N) is 1. The van der Waals surface area contributed by atoms with Gasteiger partial charge in [-0.05, 0) is 36.8 Å². The molecule has 0 aliphatic rings. The molecule has 140 valence electrons. The Kier molecular flexibility index (Phi) is 5.75. The summed E-state index contributed by atoms with van der Waals surface area (Å²) in [5.74, 6) is -2.54. The molecular formula is C19H15F3N2O2S. The Hall–Kier alpha value is -2.87. The van der Waals surface area contributed by atoms with Gasteiger partial charge in [0.15, 0.2) is 11.6 Å². The summed E-state index contributed by atoms with van der Waals surface area (Å²) in [5.41, 5.74) is 0.899. The molecule has 27 heavy (non-hydrogen) atoms. The minimum Gasteiger partial charge on any atom is -0.489 e. The van der Waals surface area contributed by atoms with Crippen LogP contribution in [0.5, 0.6) is 5.75 Å². The van der Waals surface area contributed by atoms with Gasteiger partial charge in [-0.15, -0.1) is 11.3 Å². The van der Waals surface area contributed by atoms with Gasteiger partial charge in [-0.25, -0.2) is 18.2 Å². The van der Waals surface area contributed by atoms with Gasteiger partial charge in [-0.1, -0.05) is 6.07 Å². The van der Waals surface area contributed by atoms with Crippen LogP contribution >= 0.6 is 11.3 Å². The maximum Gasteiger partial charge on any atom is 0.270 e. The number of aromatic nitrogens is 1. The number of carbonyl (C=O) groups excluding carboxylic acids is 1. The molecule has 0 unspecified atom stereocenters. The van der Waals surface area contributed by atoms with Gasteiger partial charge in [-0.2, -0.15) is 0 Å². The lowest BCUT2D eigenvalue weighted by Crippen LogP contribution is -2.22. The molecule has 3 aromatic rings. The van der Waals surface area contributed by atoms with Crippen LogP contribution in [0.2, 0.25) is 0 Å². The minimum atomic E-state index is -0.968. The van der Waals surface area contributed by atoms with Gasteiger partial charge in [-0.3, -0.25) is 4.79 Å². The van der Waals surface area contributed by atoms with E-state index in [1.807, 2.05) is 0 Å². The van der Waals surface area contributed by atoms with E-state index in [1.54, 1.807) is 18.4 Å². The third-order valence-corrected chi connectivity index (χ3v) is 4.51. The standard InChI is InChI=1S/C19H15F3N2O2S/c1-2-23-18(25)17-10-27-19(24-17)13-5-4-12(8-15(13)21)26-9-11-3-6-14(20)16(22)7-11/h3-8,10H,2,9H2,1H3,(H,23,25). The van der Waals surface area contributed by atoms with Crippen LogP contribution in [0.4, 0.5) is 13.2 Å². The van der Waals surface area contributed by atoms with Crippen molar-refractivity contribution in [1.82, 2.24) is 10.3 Å². The lowest BCUT2D eigenvalue weighted by molar-refractivity contribution is 0.0951. The summed E-state index contributed by atoms with van der Waals surface area (Å²) < 4.78 is 45.9. The molecule has 0 atom stereocenters. The number of rotatable bonds is 6. The first-order valence-electron chi connectivity index (χ1n) is 8.08. The molecule has 0 aliphatic heterocycles. The van der Waals surface area contributed by atoms with E-state index in [1.165, 1.54) is 18.2 Å². The molecule has 0 fully saturated rings. The number of ether oxygens (including phenoxy) is 1. The van der Waals surface area contributed by atoms with Crippen molar-refractivity contribution in [2.45, 2.75) is 13.5 Å². The normalized spacial score (nSPS) is 10.7. The average Bonchev–Trinajstić information content (AvgIpc) is 3.13. The van der Waals surface area contributed by atoms with Gasteiger partial charge >= 0.3 is 0 Å². The Bertz CT molecular complexity index is 975. The SMILES string of the molecule is CCNC(=O)c1csc(-c2ccc(OCc3ccc(F)c(F)c3)cc2F)n1. The molecule has 3 rings (SSSR count). The maximum absolute atomic E-state index is 14.4. The number of benzene rings is 2. The summed E-state index contributed by atoms with van der Waals surface area (Å²) in [6, 6.07) is 7.65. The number of nitrogens with zero attached hydrogens (tertiary/aromatic N) is 1. The van der Waals surface area contributed by atoms with E-state index in [4.69, 9.17) is 4.74 Å². The van der Waals surface area contributed by atoms with E-state index in [2.05, 4.69) is 10.3 Å². The fraction of sp³-hybridized carbons (Fsp3) is 0.158. The molecule has 1 heterocycles. The Balaban J connectivity index is 1.72. The fourth-order valence-corrected chi connectivity index (χ4v) is 3.13. The number of carbonyl (C=O) groups is 1. The van der Waals surface area contributed by atoms with E-state index in [9.17, 15) is 18.0 Å². The van der Waals surface area contributed by atoms with Crippen molar-refractivity contribution >= 4 is 17.2 Å². The second-order valence-corrected chi connectivity index (χ2v) is 6.43. The first-order valence-corrected chi connectivity index (χ1v) is 8.96. The number of amides is 1. The van der Waals surface area contributed by atoms with Gasteiger partial charge in [0.05, 0.1) is 0 Å². The molecule has 0 aliphatic carbocycles. The topological polar surface area (TPSA) is 51.2 Å². The Morgan fingerprint density at radius 3 is 2.63 bits per heavy atom. The molecule has 1 amide bonds. The summed E-state index contributed by atoms with van der Waals surface area (Å²) >= 11 is 1.16. The Labute approximate surface area is 157 Å². The highest BCUT2D eigenvalue weighted by atomic mass is 32.1. The zero-order chi connectivity index (χ0) is 19.4. The van der Waals surface area contributed by atoms with Crippen molar-refractivity contribution in [2.24, 2.45) is 0 Å². The first-order chi connectivity index (χ1) is 13.0. The molecule has 0 spiro atoms. The summed E-state index contributed by atoms with van der Waals surface area (Å²) in [4.78, 5) is 15.9. The van der Waals surface area contributed by atoms with Gasteiger partial charge in [0.1, 0.15) is 28.9 Å². The Morgan fingerprint density at radius 1 is 1.11 bits per heavy atom. The summed E-state index contributed by atoms with van der Waals surface area (Å²) in [7, 11) is 0. The van der Waals surface area contributed by atoms with Crippen molar-refractivity contribution < 1.29 is 22.7 Å². The molecule has 0 radical (unpaired) electrons. The first kappa shape index (κ1) is 18.9. The molecule has 1 N–H and O–H groups in total. The van der Waals surface area contributed by atoms with Crippen molar-refractivity contribution in [3.63, 3.8) is 0 Å². The van der Waals surface area contributed by atoms with E-state index in [0.29, 0.717) is 17.1 Å².